The van der Waals surface area contributed by atoms with Gasteiger partial charge in [-0.05, 0) is 42.5 Å². The van der Waals surface area contributed by atoms with Gasteiger partial charge in [-0.2, -0.15) is 0 Å². The number of fused-ring (bicyclic) bond motifs is 2. The zero-order valence-electron chi connectivity index (χ0n) is 16.2. The molecule has 0 radical (unpaired) electrons. The summed E-state index contributed by atoms with van der Waals surface area (Å²) in [6, 6.07) is 21.3. The van der Waals surface area contributed by atoms with Crippen molar-refractivity contribution in [2.24, 2.45) is 0 Å². The van der Waals surface area contributed by atoms with Crippen molar-refractivity contribution in [3.8, 4) is 17.1 Å². The number of benzene rings is 3. The maximum atomic E-state index is 13.2. The molecule has 5 aromatic rings. The first kappa shape index (κ1) is 19.2. The first-order chi connectivity index (χ1) is 15.1. The molecule has 5 nitrogen and oxygen atoms in total. The van der Waals surface area contributed by atoms with Gasteiger partial charge in [-0.15, -0.1) is 0 Å². The molecule has 3 aromatic carbocycles. The van der Waals surface area contributed by atoms with E-state index in [1.807, 2.05) is 24.3 Å². The molecule has 0 aliphatic rings. The summed E-state index contributed by atoms with van der Waals surface area (Å²) in [5.41, 5.74) is 2.10. The van der Waals surface area contributed by atoms with E-state index < -0.39 is 0 Å². The summed E-state index contributed by atoms with van der Waals surface area (Å²) in [4.78, 5) is 29.1. The minimum atomic E-state index is -0.335. The van der Waals surface area contributed by atoms with Gasteiger partial charge in [-0.3, -0.25) is 9.59 Å². The molecule has 0 amide bonds. The molecule has 31 heavy (non-hydrogen) atoms. The van der Waals surface area contributed by atoms with Crippen molar-refractivity contribution in [3.05, 3.63) is 99.8 Å². The average molecular weight is 430 g/mol. The molecular weight excluding hydrogens is 414 g/mol. The van der Waals surface area contributed by atoms with Crippen molar-refractivity contribution in [1.82, 2.24) is 4.98 Å². The monoisotopic (exact) mass is 429 g/mol. The number of ether oxygens (including phenoxy) is 1. The van der Waals surface area contributed by atoms with Gasteiger partial charge in [0.05, 0.1) is 5.39 Å². The molecule has 0 saturated carbocycles. The van der Waals surface area contributed by atoms with E-state index >= 15 is 0 Å². The van der Waals surface area contributed by atoms with E-state index in [1.54, 1.807) is 54.7 Å². The lowest BCUT2D eigenvalue weighted by Crippen LogP contribution is -2.17. The third-order valence-electron chi connectivity index (χ3n) is 5.10. The third-order valence-corrected chi connectivity index (χ3v) is 5.35. The van der Waals surface area contributed by atoms with Gasteiger partial charge in [-0.25, -0.2) is 0 Å². The minimum Gasteiger partial charge on any atom is -0.478 e. The van der Waals surface area contributed by atoms with Gasteiger partial charge in [0.25, 0.3) is 0 Å². The lowest BCUT2D eigenvalue weighted by atomic mass is 10.1. The topological polar surface area (TPSA) is 72.3 Å². The summed E-state index contributed by atoms with van der Waals surface area (Å²) in [5.74, 6) is 0.00775. The number of para-hydroxylation sites is 2. The second-order valence-electron chi connectivity index (χ2n) is 7.05. The molecule has 0 unspecified atom stereocenters. The Morgan fingerprint density at radius 2 is 1.65 bits per heavy atom. The van der Waals surface area contributed by atoms with E-state index in [4.69, 9.17) is 20.8 Å². The minimum absolute atomic E-state index is 0.00536. The van der Waals surface area contributed by atoms with Crippen molar-refractivity contribution in [2.45, 2.75) is 0 Å². The maximum absolute atomic E-state index is 13.2. The second-order valence-corrected chi connectivity index (χ2v) is 7.49. The Kier molecular flexibility index (Phi) is 4.81. The number of H-pyrrole nitrogens is 1. The van der Waals surface area contributed by atoms with Crippen molar-refractivity contribution in [2.75, 3.05) is 6.61 Å². The molecule has 0 fully saturated rings. The van der Waals surface area contributed by atoms with E-state index in [1.165, 1.54) is 0 Å². The zero-order chi connectivity index (χ0) is 21.4. The number of hydrogen-bond acceptors (Lipinski definition) is 4. The first-order valence-corrected chi connectivity index (χ1v) is 10.0. The zero-order valence-corrected chi connectivity index (χ0v) is 17.0. The van der Waals surface area contributed by atoms with E-state index in [0.29, 0.717) is 27.1 Å². The highest BCUT2D eigenvalue weighted by Crippen LogP contribution is 2.32. The van der Waals surface area contributed by atoms with Crippen LogP contribution in [0.15, 0.2) is 88.2 Å². The predicted octanol–water partition coefficient (Wildman–Crippen LogP) is 5.86. The van der Waals surface area contributed by atoms with Gasteiger partial charge >= 0.3 is 0 Å². The van der Waals surface area contributed by atoms with Crippen LogP contribution in [-0.4, -0.2) is 17.4 Å². The van der Waals surface area contributed by atoms with Gasteiger partial charge in [0.2, 0.25) is 17.0 Å². The van der Waals surface area contributed by atoms with Gasteiger partial charge in [0, 0.05) is 33.2 Å². The smallest absolute Gasteiger partial charge is 0.235 e. The highest BCUT2D eigenvalue weighted by atomic mass is 35.5. The van der Waals surface area contributed by atoms with Crippen LogP contribution in [0.4, 0.5) is 0 Å². The van der Waals surface area contributed by atoms with E-state index in [-0.39, 0.29) is 29.3 Å². The summed E-state index contributed by atoms with van der Waals surface area (Å²) >= 11 is 6.00. The third kappa shape index (κ3) is 3.49. The molecule has 0 saturated heterocycles. The SMILES string of the molecule is O=C(COc1c(-c2ccc(Cl)cc2)oc2ccccc2c1=O)c1c[nH]c2ccccc12. The number of carbonyl (C=O) groups excluding carboxylic acids is 1. The van der Waals surface area contributed by atoms with Gasteiger partial charge in [0.15, 0.2) is 12.4 Å². The Morgan fingerprint density at radius 1 is 0.935 bits per heavy atom. The van der Waals surface area contributed by atoms with Crippen molar-refractivity contribution >= 4 is 39.3 Å². The molecule has 152 valence electrons. The van der Waals surface area contributed by atoms with Crippen molar-refractivity contribution < 1.29 is 13.9 Å². The Morgan fingerprint density at radius 3 is 2.45 bits per heavy atom. The standard InChI is InChI=1S/C25H16ClNO4/c26-16-11-9-15(10-12-16)24-25(23(29)18-6-2-4-8-22(18)31-24)30-14-21(28)19-13-27-20-7-3-1-5-17(19)20/h1-13,27H,14H2. The number of aromatic amines is 1. The number of carbonyl (C=O) groups is 1. The fourth-order valence-corrected chi connectivity index (χ4v) is 3.69. The normalized spacial score (nSPS) is 11.1. The number of aromatic nitrogens is 1. The molecule has 2 aromatic heterocycles. The lowest BCUT2D eigenvalue weighted by molar-refractivity contribution is 0.0922. The fraction of sp³-hybridized carbons (Fsp3) is 0.0400. The van der Waals surface area contributed by atoms with Crippen LogP contribution in [0.2, 0.25) is 5.02 Å². The van der Waals surface area contributed by atoms with Crippen LogP contribution in [0.5, 0.6) is 5.75 Å². The van der Waals surface area contributed by atoms with E-state index in [2.05, 4.69) is 4.98 Å². The van der Waals surface area contributed by atoms with Crippen LogP contribution < -0.4 is 10.2 Å². The molecule has 5 rings (SSSR count). The quantitative estimate of drug-likeness (QED) is 0.355. The van der Waals surface area contributed by atoms with Crippen LogP contribution in [0.3, 0.4) is 0 Å². The van der Waals surface area contributed by atoms with E-state index in [0.717, 1.165) is 10.9 Å². The highest BCUT2D eigenvalue weighted by molar-refractivity contribution is 6.30. The van der Waals surface area contributed by atoms with Crippen LogP contribution in [-0.2, 0) is 0 Å². The molecular formula is C25H16ClNO4. The molecule has 0 bridgehead atoms. The number of hydrogen-bond donors (Lipinski definition) is 1. The first-order valence-electron chi connectivity index (χ1n) is 9.66. The molecule has 0 atom stereocenters. The Bertz CT molecular complexity index is 1480. The predicted molar refractivity (Wildman–Crippen MR) is 121 cm³/mol. The average Bonchev–Trinajstić information content (AvgIpc) is 3.23. The molecule has 0 aliphatic heterocycles. The number of Topliss-reactive ketones (excluding diaryl/α,β-unsaturated/α-hetero) is 1. The Labute approximate surface area is 181 Å². The summed E-state index contributed by atoms with van der Waals surface area (Å²) < 4.78 is 11.8. The fourth-order valence-electron chi connectivity index (χ4n) is 3.57. The second kappa shape index (κ2) is 7.78. The van der Waals surface area contributed by atoms with Gasteiger partial charge < -0.3 is 14.1 Å². The van der Waals surface area contributed by atoms with Gasteiger partial charge in [0.1, 0.15) is 5.58 Å². The van der Waals surface area contributed by atoms with Crippen molar-refractivity contribution in [3.63, 3.8) is 0 Å². The molecule has 6 heteroatoms. The van der Waals surface area contributed by atoms with Gasteiger partial charge in [-0.1, -0.05) is 41.9 Å². The molecule has 0 spiro atoms. The largest absolute Gasteiger partial charge is 0.478 e. The summed E-state index contributed by atoms with van der Waals surface area (Å²) in [6.45, 7) is -0.300. The number of rotatable bonds is 5. The summed E-state index contributed by atoms with van der Waals surface area (Å²) in [7, 11) is 0. The van der Waals surface area contributed by atoms with E-state index in [9.17, 15) is 9.59 Å². The summed E-state index contributed by atoms with van der Waals surface area (Å²) in [5, 5.41) is 1.75. The molecule has 2 heterocycles. The van der Waals surface area contributed by atoms with Crippen molar-refractivity contribution in [1.29, 1.82) is 0 Å². The number of halogens is 1. The maximum Gasteiger partial charge on any atom is 0.235 e. The van der Waals surface area contributed by atoms with Crippen LogP contribution in [0.1, 0.15) is 10.4 Å². The molecule has 1 N–H and O–H groups in total. The Balaban J connectivity index is 1.56. The lowest BCUT2D eigenvalue weighted by Gasteiger charge is -2.11. The van der Waals surface area contributed by atoms with Crippen LogP contribution >= 0.6 is 11.6 Å². The number of nitrogens with one attached hydrogen (secondary N) is 1. The highest BCUT2D eigenvalue weighted by Gasteiger charge is 2.20. The summed E-state index contributed by atoms with van der Waals surface area (Å²) in [6.07, 6.45) is 1.65. The Hall–Kier alpha value is -3.83. The van der Waals surface area contributed by atoms with Crippen LogP contribution in [0, 0.1) is 0 Å². The molecule has 0 aliphatic carbocycles. The number of ketones is 1. The van der Waals surface area contributed by atoms with Crippen LogP contribution in [0.25, 0.3) is 33.2 Å².